The van der Waals surface area contributed by atoms with Crippen molar-refractivity contribution in [3.05, 3.63) is 59.3 Å². The SMILES string of the molecule is Cc1cc(F)cc(NCc2cnc3cc(C)nn3c2)c1. The van der Waals surface area contributed by atoms with Crippen LogP contribution in [0.2, 0.25) is 0 Å². The number of benzene rings is 1. The molecule has 0 saturated carbocycles. The maximum absolute atomic E-state index is 13.3. The van der Waals surface area contributed by atoms with Crippen molar-refractivity contribution in [3.63, 3.8) is 0 Å². The summed E-state index contributed by atoms with van der Waals surface area (Å²) in [5, 5.41) is 7.52. The average Bonchev–Trinajstić information content (AvgIpc) is 2.74. The van der Waals surface area contributed by atoms with Crippen molar-refractivity contribution in [1.82, 2.24) is 14.6 Å². The maximum atomic E-state index is 13.3. The number of halogens is 1. The highest BCUT2D eigenvalue weighted by molar-refractivity contribution is 5.46. The summed E-state index contributed by atoms with van der Waals surface area (Å²) in [7, 11) is 0. The van der Waals surface area contributed by atoms with Crippen molar-refractivity contribution in [1.29, 1.82) is 0 Å². The van der Waals surface area contributed by atoms with Crippen LogP contribution in [0.4, 0.5) is 10.1 Å². The topological polar surface area (TPSA) is 42.2 Å². The molecule has 0 radical (unpaired) electrons. The van der Waals surface area contributed by atoms with E-state index >= 15 is 0 Å². The van der Waals surface area contributed by atoms with Crippen molar-refractivity contribution in [2.24, 2.45) is 0 Å². The van der Waals surface area contributed by atoms with E-state index in [1.54, 1.807) is 10.7 Å². The molecule has 0 unspecified atom stereocenters. The van der Waals surface area contributed by atoms with Crippen molar-refractivity contribution < 1.29 is 4.39 Å². The normalized spacial score (nSPS) is 10.9. The Morgan fingerprint density at radius 1 is 1.20 bits per heavy atom. The zero-order valence-electron chi connectivity index (χ0n) is 11.4. The Morgan fingerprint density at radius 3 is 2.85 bits per heavy atom. The molecule has 0 aliphatic carbocycles. The van der Waals surface area contributed by atoms with E-state index in [-0.39, 0.29) is 5.82 Å². The Balaban J connectivity index is 1.79. The van der Waals surface area contributed by atoms with Crippen molar-refractivity contribution in [3.8, 4) is 0 Å². The van der Waals surface area contributed by atoms with Crippen molar-refractivity contribution in [2.75, 3.05) is 5.32 Å². The predicted molar refractivity (Wildman–Crippen MR) is 76.2 cm³/mol. The third-order valence-electron chi connectivity index (χ3n) is 3.03. The lowest BCUT2D eigenvalue weighted by molar-refractivity contribution is 0.627. The highest BCUT2D eigenvalue weighted by Crippen LogP contribution is 2.14. The second-order valence-corrected chi connectivity index (χ2v) is 4.92. The molecule has 2 aromatic heterocycles. The Morgan fingerprint density at radius 2 is 2.05 bits per heavy atom. The van der Waals surface area contributed by atoms with Gasteiger partial charge in [-0.15, -0.1) is 0 Å². The smallest absolute Gasteiger partial charge is 0.155 e. The largest absolute Gasteiger partial charge is 0.381 e. The van der Waals surface area contributed by atoms with Gasteiger partial charge in [-0.25, -0.2) is 13.9 Å². The van der Waals surface area contributed by atoms with E-state index in [9.17, 15) is 4.39 Å². The number of hydrogen-bond acceptors (Lipinski definition) is 3. The van der Waals surface area contributed by atoms with Gasteiger partial charge in [-0.1, -0.05) is 0 Å². The van der Waals surface area contributed by atoms with Crippen LogP contribution in [0.25, 0.3) is 5.65 Å². The molecule has 3 aromatic rings. The first kappa shape index (κ1) is 12.6. The van der Waals surface area contributed by atoms with Gasteiger partial charge in [-0.2, -0.15) is 5.10 Å². The van der Waals surface area contributed by atoms with Crippen LogP contribution in [0.3, 0.4) is 0 Å². The third kappa shape index (κ3) is 2.61. The number of aromatic nitrogens is 3. The minimum atomic E-state index is -0.233. The van der Waals surface area contributed by atoms with Gasteiger partial charge in [0, 0.05) is 36.3 Å². The van der Waals surface area contributed by atoms with Gasteiger partial charge in [0.1, 0.15) is 5.82 Å². The lowest BCUT2D eigenvalue weighted by Gasteiger charge is -2.07. The Labute approximate surface area is 116 Å². The molecule has 0 amide bonds. The second-order valence-electron chi connectivity index (χ2n) is 4.92. The van der Waals surface area contributed by atoms with Gasteiger partial charge in [-0.05, 0) is 37.6 Å². The number of aryl methyl sites for hydroxylation is 2. The van der Waals surface area contributed by atoms with Crippen molar-refractivity contribution >= 4 is 11.3 Å². The molecule has 1 aromatic carbocycles. The van der Waals surface area contributed by atoms with E-state index in [1.807, 2.05) is 32.2 Å². The first-order chi connectivity index (χ1) is 9.60. The first-order valence-corrected chi connectivity index (χ1v) is 6.42. The summed E-state index contributed by atoms with van der Waals surface area (Å²) in [6, 6.07) is 6.82. The minimum absolute atomic E-state index is 0.233. The molecule has 3 rings (SSSR count). The fourth-order valence-corrected chi connectivity index (χ4v) is 2.17. The lowest BCUT2D eigenvalue weighted by atomic mass is 10.2. The predicted octanol–water partition coefficient (Wildman–Crippen LogP) is 3.10. The fourth-order valence-electron chi connectivity index (χ4n) is 2.17. The van der Waals surface area contributed by atoms with E-state index in [0.29, 0.717) is 6.54 Å². The van der Waals surface area contributed by atoms with E-state index in [2.05, 4.69) is 15.4 Å². The summed E-state index contributed by atoms with van der Waals surface area (Å²) >= 11 is 0. The Kier molecular flexibility index (Phi) is 3.10. The molecule has 0 fully saturated rings. The first-order valence-electron chi connectivity index (χ1n) is 6.42. The summed E-state index contributed by atoms with van der Waals surface area (Å²) in [6.07, 6.45) is 3.73. The molecule has 1 N–H and O–H groups in total. The third-order valence-corrected chi connectivity index (χ3v) is 3.03. The summed E-state index contributed by atoms with van der Waals surface area (Å²) < 4.78 is 15.1. The molecule has 5 heteroatoms. The fraction of sp³-hybridized carbons (Fsp3) is 0.200. The van der Waals surface area contributed by atoms with Gasteiger partial charge in [0.2, 0.25) is 0 Å². The van der Waals surface area contributed by atoms with E-state index < -0.39 is 0 Å². The quantitative estimate of drug-likeness (QED) is 0.795. The van der Waals surface area contributed by atoms with Crippen LogP contribution in [-0.4, -0.2) is 14.6 Å². The van der Waals surface area contributed by atoms with Gasteiger partial charge < -0.3 is 5.32 Å². The molecule has 0 aliphatic heterocycles. The Hall–Kier alpha value is -2.43. The Bertz CT molecular complexity index is 743. The van der Waals surface area contributed by atoms with Crippen LogP contribution in [0, 0.1) is 19.7 Å². The summed E-state index contributed by atoms with van der Waals surface area (Å²) in [4.78, 5) is 4.34. The van der Waals surface area contributed by atoms with E-state index in [4.69, 9.17) is 0 Å². The molecule has 0 bridgehead atoms. The van der Waals surface area contributed by atoms with Crippen LogP contribution >= 0.6 is 0 Å². The van der Waals surface area contributed by atoms with Crippen LogP contribution in [0.1, 0.15) is 16.8 Å². The van der Waals surface area contributed by atoms with Crippen molar-refractivity contribution in [2.45, 2.75) is 20.4 Å². The summed E-state index contributed by atoms with van der Waals surface area (Å²) in [5.41, 5.74) is 4.40. The summed E-state index contributed by atoms with van der Waals surface area (Å²) in [5.74, 6) is -0.233. The number of rotatable bonds is 3. The van der Waals surface area contributed by atoms with Gasteiger partial charge in [0.15, 0.2) is 5.65 Å². The zero-order chi connectivity index (χ0) is 14.1. The van der Waals surface area contributed by atoms with Gasteiger partial charge in [0.25, 0.3) is 0 Å². The molecule has 102 valence electrons. The summed E-state index contributed by atoms with van der Waals surface area (Å²) in [6.45, 7) is 4.38. The molecule has 4 nitrogen and oxygen atoms in total. The van der Waals surface area contributed by atoms with E-state index in [0.717, 1.165) is 28.2 Å². The van der Waals surface area contributed by atoms with Gasteiger partial charge in [0.05, 0.1) is 5.69 Å². The highest BCUT2D eigenvalue weighted by atomic mass is 19.1. The van der Waals surface area contributed by atoms with Gasteiger partial charge >= 0.3 is 0 Å². The standard InChI is InChI=1S/C15H15FN4/c1-10-3-13(16)6-14(4-10)17-7-12-8-18-15-5-11(2)19-20(15)9-12/h3-6,8-9,17H,7H2,1-2H3. The lowest BCUT2D eigenvalue weighted by Crippen LogP contribution is -2.03. The van der Waals surface area contributed by atoms with Crippen LogP contribution < -0.4 is 5.32 Å². The molecular weight excluding hydrogens is 255 g/mol. The molecule has 0 aliphatic rings. The monoisotopic (exact) mass is 270 g/mol. The molecular formula is C15H15FN4. The number of nitrogens with one attached hydrogen (secondary N) is 1. The maximum Gasteiger partial charge on any atom is 0.155 e. The molecule has 0 atom stereocenters. The second kappa shape index (κ2) is 4.92. The minimum Gasteiger partial charge on any atom is -0.381 e. The number of anilines is 1. The number of nitrogens with zero attached hydrogens (tertiary/aromatic N) is 3. The van der Waals surface area contributed by atoms with Gasteiger partial charge in [-0.3, -0.25) is 0 Å². The molecule has 20 heavy (non-hydrogen) atoms. The molecule has 0 spiro atoms. The molecule has 2 heterocycles. The van der Waals surface area contributed by atoms with Crippen LogP contribution in [0.15, 0.2) is 36.7 Å². The van der Waals surface area contributed by atoms with Crippen LogP contribution in [-0.2, 0) is 6.54 Å². The average molecular weight is 270 g/mol. The zero-order valence-corrected chi connectivity index (χ0v) is 11.4. The number of hydrogen-bond donors (Lipinski definition) is 1. The molecule has 0 saturated heterocycles. The van der Waals surface area contributed by atoms with Crippen LogP contribution in [0.5, 0.6) is 0 Å². The number of fused-ring (bicyclic) bond motifs is 1. The van der Waals surface area contributed by atoms with E-state index in [1.165, 1.54) is 12.1 Å². The highest BCUT2D eigenvalue weighted by Gasteiger charge is 2.02.